The zero-order valence-electron chi connectivity index (χ0n) is 19.1. The summed E-state index contributed by atoms with van der Waals surface area (Å²) in [5.74, 6) is -0.558. The lowest BCUT2D eigenvalue weighted by Crippen LogP contribution is -2.50. The number of carbonyl (C=O) groups excluding carboxylic acids is 1. The molecule has 2 N–H and O–H groups in total. The SMILES string of the molecule is Cc1ccccc1CCNC(=O)C1CCN(C2NS(=O)(=O)C(c3ccc(F)cc3)C2C)CC1. The van der Waals surface area contributed by atoms with Crippen molar-refractivity contribution in [3.8, 4) is 0 Å². The number of rotatable bonds is 6. The Morgan fingerprint density at radius 2 is 1.79 bits per heavy atom. The minimum absolute atomic E-state index is 0.0562. The maximum atomic E-state index is 13.3. The maximum Gasteiger partial charge on any atom is 0.223 e. The molecule has 2 aromatic rings. The monoisotopic (exact) mass is 473 g/mol. The van der Waals surface area contributed by atoms with E-state index in [2.05, 4.69) is 34.0 Å². The molecule has 2 heterocycles. The van der Waals surface area contributed by atoms with Crippen molar-refractivity contribution in [1.82, 2.24) is 14.9 Å². The molecule has 4 rings (SSSR count). The molecule has 3 atom stereocenters. The van der Waals surface area contributed by atoms with Crippen LogP contribution in [-0.2, 0) is 21.2 Å². The van der Waals surface area contributed by atoms with E-state index in [1.165, 1.54) is 23.3 Å². The highest BCUT2D eigenvalue weighted by Crippen LogP contribution is 2.39. The summed E-state index contributed by atoms with van der Waals surface area (Å²) in [6.45, 7) is 5.92. The van der Waals surface area contributed by atoms with Gasteiger partial charge >= 0.3 is 0 Å². The van der Waals surface area contributed by atoms with Crippen molar-refractivity contribution in [2.75, 3.05) is 19.6 Å². The minimum Gasteiger partial charge on any atom is -0.356 e. The van der Waals surface area contributed by atoms with Crippen LogP contribution < -0.4 is 10.0 Å². The van der Waals surface area contributed by atoms with Crippen LogP contribution in [0.3, 0.4) is 0 Å². The third-order valence-electron chi connectivity index (χ3n) is 7.04. The van der Waals surface area contributed by atoms with Gasteiger partial charge in [0.15, 0.2) is 0 Å². The molecule has 33 heavy (non-hydrogen) atoms. The lowest BCUT2D eigenvalue weighted by atomic mass is 9.92. The Hall–Kier alpha value is -2.29. The van der Waals surface area contributed by atoms with Gasteiger partial charge in [0.05, 0.1) is 6.17 Å². The van der Waals surface area contributed by atoms with Gasteiger partial charge in [0, 0.05) is 31.5 Å². The normalized spacial score (nSPS) is 25.7. The van der Waals surface area contributed by atoms with Crippen molar-refractivity contribution in [3.05, 3.63) is 71.0 Å². The molecule has 2 fully saturated rings. The topological polar surface area (TPSA) is 78.5 Å². The molecule has 2 aliphatic heterocycles. The molecule has 3 unspecified atom stereocenters. The first kappa shape index (κ1) is 23.9. The highest BCUT2D eigenvalue weighted by Gasteiger charge is 2.48. The van der Waals surface area contributed by atoms with Crippen molar-refractivity contribution in [1.29, 1.82) is 0 Å². The Balaban J connectivity index is 1.30. The molecule has 1 amide bonds. The van der Waals surface area contributed by atoms with E-state index in [9.17, 15) is 17.6 Å². The fourth-order valence-electron chi connectivity index (χ4n) is 5.13. The number of likely N-dealkylation sites (tertiary alicyclic amines) is 1. The van der Waals surface area contributed by atoms with Crippen LogP contribution in [0.1, 0.15) is 41.7 Å². The van der Waals surface area contributed by atoms with Crippen LogP contribution in [0.25, 0.3) is 0 Å². The number of halogens is 1. The number of hydrogen-bond acceptors (Lipinski definition) is 4. The number of nitrogens with one attached hydrogen (secondary N) is 2. The molecule has 6 nitrogen and oxygen atoms in total. The molecule has 0 spiro atoms. The molecule has 178 valence electrons. The Morgan fingerprint density at radius 1 is 1.12 bits per heavy atom. The van der Waals surface area contributed by atoms with Gasteiger partial charge in [-0.3, -0.25) is 9.69 Å². The summed E-state index contributed by atoms with van der Waals surface area (Å²) >= 11 is 0. The van der Waals surface area contributed by atoms with Gasteiger partial charge in [0.25, 0.3) is 0 Å². The van der Waals surface area contributed by atoms with E-state index in [0.717, 1.165) is 6.42 Å². The summed E-state index contributed by atoms with van der Waals surface area (Å²) in [6.07, 6.45) is 1.88. The molecule has 0 bridgehead atoms. The Labute approximate surface area is 195 Å². The fourth-order valence-corrected chi connectivity index (χ4v) is 7.21. The van der Waals surface area contributed by atoms with Gasteiger partial charge in [-0.2, -0.15) is 4.72 Å². The minimum atomic E-state index is -3.57. The number of sulfonamides is 1. The van der Waals surface area contributed by atoms with Crippen LogP contribution in [0.5, 0.6) is 0 Å². The highest BCUT2D eigenvalue weighted by molar-refractivity contribution is 7.90. The molecular formula is C25H32FN3O3S. The van der Waals surface area contributed by atoms with E-state index in [1.807, 2.05) is 19.1 Å². The van der Waals surface area contributed by atoms with Crippen LogP contribution in [-0.4, -0.2) is 45.0 Å². The van der Waals surface area contributed by atoms with E-state index in [4.69, 9.17) is 0 Å². The summed E-state index contributed by atoms with van der Waals surface area (Å²) in [5.41, 5.74) is 3.07. The van der Waals surface area contributed by atoms with Gasteiger partial charge in [-0.1, -0.05) is 43.3 Å². The molecule has 8 heteroatoms. The number of hydrogen-bond donors (Lipinski definition) is 2. The fraction of sp³-hybridized carbons (Fsp3) is 0.480. The predicted octanol–water partition coefficient (Wildman–Crippen LogP) is 3.14. The Morgan fingerprint density at radius 3 is 2.45 bits per heavy atom. The molecular weight excluding hydrogens is 441 g/mol. The molecule has 0 aliphatic carbocycles. The summed E-state index contributed by atoms with van der Waals surface area (Å²) in [4.78, 5) is 14.8. The van der Waals surface area contributed by atoms with Crippen LogP contribution in [0, 0.1) is 24.6 Å². The highest BCUT2D eigenvalue weighted by atomic mass is 32.2. The number of benzene rings is 2. The van der Waals surface area contributed by atoms with Crippen molar-refractivity contribution < 1.29 is 17.6 Å². The van der Waals surface area contributed by atoms with E-state index < -0.39 is 15.3 Å². The first-order valence-corrected chi connectivity index (χ1v) is 13.1. The van der Waals surface area contributed by atoms with Crippen LogP contribution >= 0.6 is 0 Å². The van der Waals surface area contributed by atoms with Crippen molar-refractivity contribution in [2.24, 2.45) is 11.8 Å². The molecule has 2 aliphatic rings. The molecule has 0 aromatic heterocycles. The molecule has 0 saturated carbocycles. The molecule has 0 radical (unpaired) electrons. The lowest BCUT2D eigenvalue weighted by molar-refractivity contribution is -0.126. The van der Waals surface area contributed by atoms with Gasteiger partial charge in [0.1, 0.15) is 11.1 Å². The maximum absolute atomic E-state index is 13.3. The second-order valence-electron chi connectivity index (χ2n) is 9.22. The number of amides is 1. The quantitative estimate of drug-likeness (QED) is 0.676. The largest absolute Gasteiger partial charge is 0.356 e. The zero-order valence-corrected chi connectivity index (χ0v) is 19.9. The predicted molar refractivity (Wildman–Crippen MR) is 126 cm³/mol. The first-order chi connectivity index (χ1) is 15.8. The van der Waals surface area contributed by atoms with Crippen molar-refractivity contribution in [2.45, 2.75) is 44.5 Å². The number of carbonyl (C=O) groups is 1. The average molecular weight is 474 g/mol. The van der Waals surface area contributed by atoms with E-state index in [0.29, 0.717) is 38.0 Å². The van der Waals surface area contributed by atoms with E-state index >= 15 is 0 Å². The second kappa shape index (κ2) is 9.91. The Kier molecular flexibility index (Phi) is 7.16. The number of piperidine rings is 1. The number of nitrogens with zero attached hydrogens (tertiary/aromatic N) is 1. The Bertz CT molecular complexity index is 1080. The van der Waals surface area contributed by atoms with Gasteiger partial charge in [0.2, 0.25) is 15.9 Å². The smallest absolute Gasteiger partial charge is 0.223 e. The molecule has 2 aromatic carbocycles. The first-order valence-electron chi connectivity index (χ1n) is 11.6. The van der Waals surface area contributed by atoms with Crippen LogP contribution in [0.4, 0.5) is 4.39 Å². The van der Waals surface area contributed by atoms with Crippen molar-refractivity contribution in [3.63, 3.8) is 0 Å². The van der Waals surface area contributed by atoms with Crippen LogP contribution in [0.15, 0.2) is 48.5 Å². The zero-order chi connectivity index (χ0) is 23.6. The summed E-state index contributed by atoms with van der Waals surface area (Å²) in [7, 11) is -3.57. The van der Waals surface area contributed by atoms with E-state index in [-0.39, 0.29) is 29.7 Å². The summed E-state index contributed by atoms with van der Waals surface area (Å²) in [6, 6.07) is 13.9. The van der Waals surface area contributed by atoms with Gasteiger partial charge in [-0.25, -0.2) is 12.8 Å². The van der Waals surface area contributed by atoms with E-state index in [1.54, 1.807) is 12.1 Å². The van der Waals surface area contributed by atoms with Gasteiger partial charge < -0.3 is 5.32 Å². The lowest BCUT2D eigenvalue weighted by Gasteiger charge is -2.36. The second-order valence-corrected chi connectivity index (χ2v) is 11.1. The third kappa shape index (κ3) is 5.28. The summed E-state index contributed by atoms with van der Waals surface area (Å²) in [5, 5.41) is 2.35. The summed E-state index contributed by atoms with van der Waals surface area (Å²) < 4.78 is 41.8. The molecule has 2 saturated heterocycles. The average Bonchev–Trinajstić information content (AvgIpc) is 3.04. The van der Waals surface area contributed by atoms with Crippen molar-refractivity contribution >= 4 is 15.9 Å². The van der Waals surface area contributed by atoms with Gasteiger partial charge in [-0.05, 0) is 55.0 Å². The van der Waals surface area contributed by atoms with Crippen LogP contribution in [0.2, 0.25) is 0 Å². The number of aryl methyl sites for hydroxylation is 1. The third-order valence-corrected chi connectivity index (χ3v) is 8.98. The van der Waals surface area contributed by atoms with Gasteiger partial charge in [-0.15, -0.1) is 0 Å². The standard InChI is InChI=1S/C25H32FN3O3S/c1-17-5-3-4-6-19(17)11-14-27-25(30)21-12-15-29(16-13-21)24-18(2)23(33(31,32)28-24)20-7-9-22(26)10-8-20/h3-10,18,21,23-24,28H,11-16H2,1-2H3,(H,27,30).